The molecule has 0 spiro atoms. The van der Waals surface area contributed by atoms with Crippen LogP contribution in [0.15, 0.2) is 4.79 Å². The third-order valence-electron chi connectivity index (χ3n) is 1.45. The zero-order valence-electron chi connectivity index (χ0n) is 6.22. The van der Waals surface area contributed by atoms with Crippen molar-refractivity contribution in [2.75, 3.05) is 0 Å². The predicted molar refractivity (Wildman–Crippen MR) is 37.8 cm³/mol. The average molecular weight is 141 g/mol. The Hall–Kier alpha value is -1.06. The summed E-state index contributed by atoms with van der Waals surface area (Å²) < 4.78 is 1.53. The van der Waals surface area contributed by atoms with Gasteiger partial charge in [-0.1, -0.05) is 6.92 Å². The Bertz CT molecular complexity index is 260. The Balaban J connectivity index is 2.94. The first kappa shape index (κ1) is 7.05. The zero-order valence-corrected chi connectivity index (χ0v) is 6.22. The minimum atomic E-state index is -0.136. The van der Waals surface area contributed by atoms with E-state index in [0.29, 0.717) is 0 Å². The molecule has 0 radical (unpaired) electrons. The quantitative estimate of drug-likeness (QED) is 0.633. The first-order chi connectivity index (χ1) is 4.75. The van der Waals surface area contributed by atoms with Crippen molar-refractivity contribution in [2.24, 2.45) is 7.05 Å². The van der Waals surface area contributed by atoms with Crippen LogP contribution in [0.2, 0.25) is 0 Å². The lowest BCUT2D eigenvalue weighted by molar-refractivity contribution is 0.744. The van der Waals surface area contributed by atoms with E-state index in [-0.39, 0.29) is 5.69 Å². The fourth-order valence-corrected chi connectivity index (χ4v) is 0.827. The van der Waals surface area contributed by atoms with Crippen molar-refractivity contribution in [3.05, 3.63) is 16.3 Å². The van der Waals surface area contributed by atoms with Crippen molar-refractivity contribution in [2.45, 2.75) is 19.8 Å². The standard InChI is InChI=1S/C6H11N3O/c1-3-4-5-7-8-6(10)9(5)2/h3-4H2,1-2H3,(H,8,10). The Labute approximate surface area is 58.9 Å². The fraction of sp³-hybridized carbons (Fsp3) is 0.667. The van der Waals surface area contributed by atoms with E-state index in [1.165, 1.54) is 4.57 Å². The van der Waals surface area contributed by atoms with E-state index in [4.69, 9.17) is 0 Å². The number of hydrogen-bond donors (Lipinski definition) is 1. The molecule has 4 heteroatoms. The highest BCUT2D eigenvalue weighted by Gasteiger charge is 2.00. The highest BCUT2D eigenvalue weighted by atomic mass is 16.1. The Morgan fingerprint density at radius 1 is 1.70 bits per heavy atom. The molecule has 0 saturated heterocycles. The maximum Gasteiger partial charge on any atom is 0.343 e. The zero-order chi connectivity index (χ0) is 7.56. The van der Waals surface area contributed by atoms with Gasteiger partial charge in [-0.2, -0.15) is 5.10 Å². The molecule has 0 aliphatic heterocycles. The summed E-state index contributed by atoms with van der Waals surface area (Å²) in [7, 11) is 1.72. The van der Waals surface area contributed by atoms with Gasteiger partial charge in [0.15, 0.2) is 0 Å². The molecule has 1 aromatic rings. The van der Waals surface area contributed by atoms with Gasteiger partial charge in [0.25, 0.3) is 0 Å². The first-order valence-electron chi connectivity index (χ1n) is 3.36. The van der Waals surface area contributed by atoms with E-state index >= 15 is 0 Å². The van der Waals surface area contributed by atoms with Crippen LogP contribution < -0.4 is 5.69 Å². The van der Waals surface area contributed by atoms with E-state index in [1.807, 2.05) is 0 Å². The molecule has 0 bridgehead atoms. The van der Waals surface area contributed by atoms with E-state index in [2.05, 4.69) is 17.1 Å². The largest absolute Gasteiger partial charge is 0.343 e. The summed E-state index contributed by atoms with van der Waals surface area (Å²) in [6.07, 6.45) is 1.87. The molecule has 4 nitrogen and oxygen atoms in total. The molecular weight excluding hydrogens is 130 g/mol. The summed E-state index contributed by atoms with van der Waals surface area (Å²) in [5.41, 5.74) is -0.136. The minimum absolute atomic E-state index is 0.136. The summed E-state index contributed by atoms with van der Waals surface area (Å²) in [5.74, 6) is 0.826. The SMILES string of the molecule is CCCc1n[nH]c(=O)n1C. The third kappa shape index (κ3) is 1.10. The summed E-state index contributed by atoms with van der Waals surface area (Å²) in [6, 6.07) is 0. The third-order valence-corrected chi connectivity index (χ3v) is 1.45. The van der Waals surface area contributed by atoms with Crippen molar-refractivity contribution in [3.63, 3.8) is 0 Å². The molecule has 0 amide bonds. The van der Waals surface area contributed by atoms with Crippen LogP contribution in [0.25, 0.3) is 0 Å². The van der Waals surface area contributed by atoms with Crippen LogP contribution in [0.1, 0.15) is 19.2 Å². The van der Waals surface area contributed by atoms with Crippen molar-refractivity contribution < 1.29 is 0 Å². The predicted octanol–water partition coefficient (Wildman–Crippen LogP) is 0.0609. The van der Waals surface area contributed by atoms with Crippen LogP contribution in [0, 0.1) is 0 Å². The van der Waals surface area contributed by atoms with Crippen LogP contribution in [0.4, 0.5) is 0 Å². The molecule has 0 aromatic carbocycles. The molecule has 1 N–H and O–H groups in total. The number of rotatable bonds is 2. The monoisotopic (exact) mass is 141 g/mol. The molecule has 0 saturated carbocycles. The van der Waals surface area contributed by atoms with Gasteiger partial charge in [0.2, 0.25) is 0 Å². The molecule has 0 fully saturated rings. The number of aryl methyl sites for hydroxylation is 1. The summed E-state index contributed by atoms with van der Waals surface area (Å²) in [5, 5.41) is 6.21. The molecule has 1 rings (SSSR count). The summed E-state index contributed by atoms with van der Waals surface area (Å²) in [4.78, 5) is 10.8. The van der Waals surface area contributed by atoms with E-state index < -0.39 is 0 Å². The fourth-order valence-electron chi connectivity index (χ4n) is 0.827. The second-order valence-corrected chi connectivity index (χ2v) is 2.25. The average Bonchev–Trinajstić information content (AvgIpc) is 2.20. The second kappa shape index (κ2) is 2.68. The molecule has 1 heterocycles. The van der Waals surface area contributed by atoms with Gasteiger partial charge in [-0.15, -0.1) is 0 Å². The van der Waals surface area contributed by atoms with Gasteiger partial charge in [0, 0.05) is 13.5 Å². The molecule has 0 aliphatic rings. The van der Waals surface area contributed by atoms with Crippen molar-refractivity contribution >= 4 is 0 Å². The molecular formula is C6H11N3O. The van der Waals surface area contributed by atoms with Crippen LogP contribution in [0.3, 0.4) is 0 Å². The molecule has 1 aromatic heterocycles. The number of nitrogens with one attached hydrogen (secondary N) is 1. The lowest BCUT2D eigenvalue weighted by Gasteiger charge is -1.93. The molecule has 10 heavy (non-hydrogen) atoms. The minimum Gasteiger partial charge on any atom is -0.282 e. The van der Waals surface area contributed by atoms with E-state index in [1.54, 1.807) is 7.05 Å². The number of nitrogens with zero attached hydrogens (tertiary/aromatic N) is 2. The van der Waals surface area contributed by atoms with Gasteiger partial charge in [-0.05, 0) is 6.42 Å². The molecule has 0 unspecified atom stereocenters. The Morgan fingerprint density at radius 3 is 2.80 bits per heavy atom. The number of hydrogen-bond acceptors (Lipinski definition) is 2. The van der Waals surface area contributed by atoms with Gasteiger partial charge in [0.05, 0.1) is 0 Å². The smallest absolute Gasteiger partial charge is 0.282 e. The Kier molecular flexibility index (Phi) is 1.89. The number of H-pyrrole nitrogens is 1. The van der Waals surface area contributed by atoms with Gasteiger partial charge >= 0.3 is 5.69 Å². The van der Waals surface area contributed by atoms with Gasteiger partial charge in [-0.25, -0.2) is 9.89 Å². The number of aromatic amines is 1. The van der Waals surface area contributed by atoms with E-state index in [9.17, 15) is 4.79 Å². The van der Waals surface area contributed by atoms with Gasteiger partial charge in [0.1, 0.15) is 5.82 Å². The highest BCUT2D eigenvalue weighted by molar-refractivity contribution is 4.83. The topological polar surface area (TPSA) is 50.7 Å². The van der Waals surface area contributed by atoms with Crippen molar-refractivity contribution in [1.82, 2.24) is 14.8 Å². The number of aromatic nitrogens is 3. The van der Waals surface area contributed by atoms with Gasteiger partial charge < -0.3 is 0 Å². The second-order valence-electron chi connectivity index (χ2n) is 2.25. The van der Waals surface area contributed by atoms with Crippen LogP contribution in [-0.4, -0.2) is 14.8 Å². The van der Waals surface area contributed by atoms with Gasteiger partial charge in [-0.3, -0.25) is 4.57 Å². The maximum absolute atomic E-state index is 10.8. The van der Waals surface area contributed by atoms with Crippen LogP contribution in [-0.2, 0) is 13.5 Å². The first-order valence-corrected chi connectivity index (χ1v) is 3.36. The van der Waals surface area contributed by atoms with Crippen molar-refractivity contribution in [3.8, 4) is 0 Å². The highest BCUT2D eigenvalue weighted by Crippen LogP contribution is 1.91. The lowest BCUT2D eigenvalue weighted by Crippen LogP contribution is -2.14. The Morgan fingerprint density at radius 2 is 2.40 bits per heavy atom. The lowest BCUT2D eigenvalue weighted by atomic mass is 10.3. The molecule has 0 atom stereocenters. The summed E-state index contributed by atoms with van der Waals surface area (Å²) >= 11 is 0. The molecule has 56 valence electrons. The normalized spacial score (nSPS) is 10.2. The van der Waals surface area contributed by atoms with Crippen LogP contribution >= 0.6 is 0 Å². The maximum atomic E-state index is 10.8. The van der Waals surface area contributed by atoms with E-state index in [0.717, 1.165) is 18.7 Å². The van der Waals surface area contributed by atoms with Crippen LogP contribution in [0.5, 0.6) is 0 Å². The molecule has 0 aliphatic carbocycles. The summed E-state index contributed by atoms with van der Waals surface area (Å²) in [6.45, 7) is 2.05. The van der Waals surface area contributed by atoms with Crippen molar-refractivity contribution in [1.29, 1.82) is 0 Å².